The molecule has 0 aliphatic rings. The van der Waals surface area contributed by atoms with Gasteiger partial charge in [-0.2, -0.15) is 0 Å². The van der Waals surface area contributed by atoms with E-state index in [1.165, 1.54) is 0 Å². The molecule has 2 heterocycles. The van der Waals surface area contributed by atoms with Gasteiger partial charge in [0.1, 0.15) is 36.5 Å². The van der Waals surface area contributed by atoms with Crippen molar-refractivity contribution in [1.82, 2.24) is 9.97 Å². The highest BCUT2D eigenvalue weighted by Gasteiger charge is 2.38. The molecule has 0 radical (unpaired) electrons. The molecule has 0 aliphatic heterocycles. The fourth-order valence-corrected chi connectivity index (χ4v) is 4.25. The summed E-state index contributed by atoms with van der Waals surface area (Å²) in [7, 11) is 0. The number of hydrogen-bond donors (Lipinski definition) is 2. The Morgan fingerprint density at radius 1 is 0.711 bits per heavy atom. The predicted octanol–water partition coefficient (Wildman–Crippen LogP) is 7.10. The molecule has 38 heavy (non-hydrogen) atoms. The van der Waals surface area contributed by atoms with Gasteiger partial charge in [-0.15, -0.1) is 26.3 Å². The van der Waals surface area contributed by atoms with Gasteiger partial charge >= 0.3 is 12.7 Å². The van der Waals surface area contributed by atoms with Crippen molar-refractivity contribution in [3.63, 3.8) is 0 Å². The number of carbonyl (C=O) groups is 1. The van der Waals surface area contributed by atoms with E-state index in [9.17, 15) is 48.7 Å². The lowest BCUT2D eigenvalue weighted by atomic mass is 9.84. The van der Waals surface area contributed by atoms with Crippen LogP contribution in [0.5, 0.6) is 11.5 Å². The van der Waals surface area contributed by atoms with Gasteiger partial charge in [0.05, 0.1) is 22.9 Å². The summed E-state index contributed by atoms with van der Waals surface area (Å²) in [5.74, 6) is -9.49. The van der Waals surface area contributed by atoms with E-state index in [-0.39, 0.29) is 0 Å². The number of rotatable bonds is 8. The lowest BCUT2D eigenvalue weighted by Crippen LogP contribution is -2.24. The van der Waals surface area contributed by atoms with E-state index in [0.717, 1.165) is 12.4 Å². The van der Waals surface area contributed by atoms with Crippen molar-refractivity contribution in [3.05, 3.63) is 59.4 Å². The summed E-state index contributed by atoms with van der Waals surface area (Å²) in [4.78, 5) is 17.9. The summed E-state index contributed by atoms with van der Waals surface area (Å²) in [5.41, 5.74) is -2.19. The number of fused-ring (bicyclic) bond motifs is 2. The molecule has 0 saturated heterocycles. The third kappa shape index (κ3) is 5.09. The van der Waals surface area contributed by atoms with E-state index in [4.69, 9.17) is 0 Å². The van der Waals surface area contributed by atoms with Gasteiger partial charge in [-0.25, -0.2) is 17.6 Å². The average molecular weight is 556 g/mol. The highest BCUT2D eigenvalue weighted by atomic mass is 19.4. The summed E-state index contributed by atoms with van der Waals surface area (Å²) in [6, 6.07) is 2.45. The molecule has 2 N–H and O–H groups in total. The van der Waals surface area contributed by atoms with Crippen LogP contribution in [0.15, 0.2) is 36.7 Å². The SMILES string of the molecule is O=C(C(CF)c1c[nH]c2c(F)ccc(OC(F)(F)F)c12)C(CF)c1c[nH]c2c(F)ccc(OC(F)(F)F)c12. The van der Waals surface area contributed by atoms with E-state index >= 15 is 0 Å². The Balaban J connectivity index is 1.84. The second-order valence-corrected chi connectivity index (χ2v) is 7.99. The molecular weight excluding hydrogens is 542 g/mol. The Kier molecular flexibility index (Phi) is 6.97. The first-order valence-corrected chi connectivity index (χ1v) is 10.5. The van der Waals surface area contributed by atoms with Gasteiger partial charge in [0.25, 0.3) is 0 Å². The number of nitrogens with one attached hydrogen (secondary N) is 2. The quantitative estimate of drug-likeness (QED) is 0.228. The van der Waals surface area contributed by atoms with E-state index in [2.05, 4.69) is 19.4 Å². The maximum absolute atomic E-state index is 14.3. The van der Waals surface area contributed by atoms with Crippen molar-refractivity contribution < 1.29 is 58.2 Å². The minimum Gasteiger partial charge on any atom is -0.405 e. The number of benzene rings is 2. The Hall–Kier alpha value is -3.91. The zero-order valence-corrected chi connectivity index (χ0v) is 18.5. The molecule has 15 heteroatoms. The standard InChI is InChI=1S/C23H14F10N2O3/c24-5-9(11-7-34-19-13(26)1-3-15(17(11)19)37-22(28,29)30)21(36)10(6-25)12-8-35-20-14(27)2-4-16(18(12)20)38-23(31,32)33/h1-4,7-10,34-35H,5-6H2. The summed E-state index contributed by atoms with van der Waals surface area (Å²) in [6.45, 7) is -3.24. The van der Waals surface area contributed by atoms with Gasteiger partial charge in [-0.3, -0.25) is 4.79 Å². The van der Waals surface area contributed by atoms with E-state index in [0.29, 0.717) is 24.3 Å². The predicted molar refractivity (Wildman–Crippen MR) is 112 cm³/mol. The molecule has 5 nitrogen and oxygen atoms in total. The first-order chi connectivity index (χ1) is 17.8. The van der Waals surface area contributed by atoms with E-state index in [1.54, 1.807) is 0 Å². The maximum Gasteiger partial charge on any atom is 0.573 e. The zero-order chi connectivity index (χ0) is 28.0. The number of H-pyrrole nitrogens is 2. The minimum absolute atomic E-state index is 0.525. The number of carbonyl (C=O) groups excluding carboxylic acids is 1. The molecule has 0 saturated carbocycles. The van der Waals surface area contributed by atoms with Crippen molar-refractivity contribution in [3.8, 4) is 11.5 Å². The number of Topliss-reactive ketones (excluding diaryl/α,β-unsaturated/α-hetero) is 1. The molecule has 0 spiro atoms. The van der Waals surface area contributed by atoms with Gasteiger partial charge in [0.15, 0.2) is 5.78 Å². The number of aromatic amines is 2. The summed E-state index contributed by atoms with van der Waals surface area (Å²) < 4.78 is 142. The molecule has 4 rings (SSSR count). The maximum atomic E-state index is 14.3. The minimum atomic E-state index is -5.25. The summed E-state index contributed by atoms with van der Waals surface area (Å²) in [5, 5.41) is -1.30. The molecule has 0 amide bonds. The molecule has 4 aromatic rings. The van der Waals surface area contributed by atoms with Gasteiger partial charge in [0.2, 0.25) is 0 Å². The van der Waals surface area contributed by atoms with Crippen LogP contribution < -0.4 is 9.47 Å². The molecular formula is C23H14F10N2O3. The molecule has 2 unspecified atom stereocenters. The molecule has 204 valence electrons. The zero-order valence-electron chi connectivity index (χ0n) is 18.5. The fourth-order valence-electron chi connectivity index (χ4n) is 4.25. The van der Waals surface area contributed by atoms with Gasteiger partial charge in [-0.05, 0) is 35.4 Å². The number of aromatic nitrogens is 2. The fraction of sp³-hybridized carbons (Fsp3) is 0.261. The molecule has 0 fully saturated rings. The smallest absolute Gasteiger partial charge is 0.405 e. The molecule has 0 aliphatic carbocycles. The molecule has 2 aromatic heterocycles. The first kappa shape index (κ1) is 27.1. The first-order valence-electron chi connectivity index (χ1n) is 10.5. The Morgan fingerprint density at radius 3 is 1.39 bits per heavy atom. The van der Waals surface area contributed by atoms with Crippen LogP contribution in [0.1, 0.15) is 23.0 Å². The van der Waals surface area contributed by atoms with Crippen LogP contribution in [0.3, 0.4) is 0 Å². The van der Waals surface area contributed by atoms with E-state index < -0.39 is 99.8 Å². The molecule has 2 atom stereocenters. The number of ketones is 1. The largest absolute Gasteiger partial charge is 0.573 e. The van der Waals surface area contributed by atoms with Gasteiger partial charge in [-0.1, -0.05) is 0 Å². The summed E-state index contributed by atoms with van der Waals surface area (Å²) in [6.07, 6.45) is -8.83. The lowest BCUT2D eigenvalue weighted by molar-refractivity contribution is -0.275. The van der Waals surface area contributed by atoms with Crippen LogP contribution in [0.4, 0.5) is 43.9 Å². The van der Waals surface area contributed by atoms with Crippen LogP contribution in [0.2, 0.25) is 0 Å². The Labute approximate surface area is 205 Å². The average Bonchev–Trinajstić information content (AvgIpc) is 3.44. The molecule has 0 bridgehead atoms. The number of hydrogen-bond acceptors (Lipinski definition) is 3. The summed E-state index contributed by atoms with van der Waals surface area (Å²) >= 11 is 0. The highest BCUT2D eigenvalue weighted by Crippen LogP contribution is 2.42. The van der Waals surface area contributed by atoms with Gasteiger partial charge in [0, 0.05) is 23.2 Å². The molecule has 2 aromatic carbocycles. The number of ether oxygens (including phenoxy) is 2. The van der Waals surface area contributed by atoms with Crippen LogP contribution in [0, 0.1) is 11.6 Å². The van der Waals surface area contributed by atoms with Crippen LogP contribution in [-0.4, -0.2) is 41.8 Å². The number of halogens is 10. The van der Waals surface area contributed by atoms with Crippen molar-refractivity contribution in [2.24, 2.45) is 0 Å². The van der Waals surface area contributed by atoms with Crippen molar-refractivity contribution in [2.75, 3.05) is 13.3 Å². The van der Waals surface area contributed by atoms with Crippen LogP contribution in [-0.2, 0) is 4.79 Å². The van der Waals surface area contributed by atoms with Gasteiger partial charge < -0.3 is 19.4 Å². The second-order valence-electron chi connectivity index (χ2n) is 7.99. The Morgan fingerprint density at radius 2 is 1.08 bits per heavy atom. The van der Waals surface area contributed by atoms with Crippen LogP contribution in [0.25, 0.3) is 21.8 Å². The normalized spacial score (nSPS) is 14.2. The van der Waals surface area contributed by atoms with Crippen LogP contribution >= 0.6 is 0 Å². The topological polar surface area (TPSA) is 67.1 Å². The Bertz CT molecular complexity index is 1380. The monoisotopic (exact) mass is 556 g/mol. The van der Waals surface area contributed by atoms with E-state index in [1.807, 2.05) is 0 Å². The van der Waals surface area contributed by atoms with Crippen molar-refractivity contribution in [1.29, 1.82) is 0 Å². The number of alkyl halides is 8. The highest BCUT2D eigenvalue weighted by molar-refractivity contribution is 6.02. The second kappa shape index (κ2) is 9.76. The third-order valence-electron chi connectivity index (χ3n) is 5.75. The third-order valence-corrected chi connectivity index (χ3v) is 5.75. The van der Waals surface area contributed by atoms with Crippen molar-refractivity contribution in [2.45, 2.75) is 24.6 Å². The lowest BCUT2D eigenvalue weighted by Gasteiger charge is -2.20. The van der Waals surface area contributed by atoms with Crippen molar-refractivity contribution >= 4 is 27.6 Å².